The van der Waals surface area contributed by atoms with Crippen molar-refractivity contribution in [1.29, 1.82) is 0 Å². The van der Waals surface area contributed by atoms with Crippen LogP contribution in [0.15, 0.2) is 54.6 Å². The van der Waals surface area contributed by atoms with Gasteiger partial charge in [-0.25, -0.2) is 0 Å². The van der Waals surface area contributed by atoms with Crippen LogP contribution in [0.4, 0.5) is 5.69 Å². The number of aryl methyl sites for hydroxylation is 1. The molecule has 0 amide bonds. The molecule has 0 saturated heterocycles. The summed E-state index contributed by atoms with van der Waals surface area (Å²) in [6.45, 7) is 3.17. The highest BCUT2D eigenvalue weighted by atomic mass is 15.0. The third-order valence-corrected chi connectivity index (χ3v) is 3.56. The lowest BCUT2D eigenvalue weighted by molar-refractivity contribution is 0.753. The molecule has 0 saturated carbocycles. The summed E-state index contributed by atoms with van der Waals surface area (Å²) in [5, 5.41) is 1.23. The van der Waals surface area contributed by atoms with Crippen molar-refractivity contribution in [2.24, 2.45) is 0 Å². The molecule has 0 aliphatic carbocycles. The molecule has 0 atom stereocenters. The molecular weight excluding hydrogens is 232 g/mol. The minimum Gasteiger partial charge on any atom is -0.399 e. The van der Waals surface area contributed by atoms with E-state index in [0.29, 0.717) is 0 Å². The number of hydrogen-bond acceptors (Lipinski definition) is 1. The Hall–Kier alpha value is -2.22. The third-order valence-electron chi connectivity index (χ3n) is 3.56. The Balaban J connectivity index is 2.08. The summed E-state index contributed by atoms with van der Waals surface area (Å²) in [6, 6.07) is 19.0. The molecule has 2 aromatic carbocycles. The molecule has 1 aromatic heterocycles. The maximum absolute atomic E-state index is 5.87. The van der Waals surface area contributed by atoms with Crippen LogP contribution >= 0.6 is 0 Å². The van der Waals surface area contributed by atoms with E-state index in [1.165, 1.54) is 22.2 Å². The number of aromatic nitrogens is 1. The maximum Gasteiger partial charge on any atom is 0.0484 e. The second-order valence-electron chi connectivity index (χ2n) is 4.86. The Morgan fingerprint density at radius 3 is 2.53 bits per heavy atom. The summed E-state index contributed by atoms with van der Waals surface area (Å²) >= 11 is 0. The zero-order chi connectivity index (χ0) is 13.2. The SMILES string of the molecule is CCn1c(Cc2ccccc2)cc2cc(N)ccc21. The number of anilines is 1. The fourth-order valence-corrected chi connectivity index (χ4v) is 2.67. The number of nitrogen functional groups attached to an aromatic ring is 1. The molecule has 96 valence electrons. The van der Waals surface area contributed by atoms with E-state index < -0.39 is 0 Å². The van der Waals surface area contributed by atoms with Gasteiger partial charge in [-0.15, -0.1) is 0 Å². The van der Waals surface area contributed by atoms with Gasteiger partial charge in [0.15, 0.2) is 0 Å². The van der Waals surface area contributed by atoms with Crippen LogP contribution in [-0.2, 0) is 13.0 Å². The van der Waals surface area contributed by atoms with Crippen molar-refractivity contribution in [2.75, 3.05) is 5.73 Å². The zero-order valence-electron chi connectivity index (χ0n) is 11.1. The van der Waals surface area contributed by atoms with Crippen LogP contribution in [-0.4, -0.2) is 4.57 Å². The highest BCUT2D eigenvalue weighted by Gasteiger charge is 2.08. The minimum absolute atomic E-state index is 0.826. The van der Waals surface area contributed by atoms with E-state index in [1.807, 2.05) is 6.07 Å². The van der Waals surface area contributed by atoms with Crippen molar-refractivity contribution in [1.82, 2.24) is 4.57 Å². The Kier molecular flexibility index (Phi) is 3.00. The fraction of sp³-hybridized carbons (Fsp3) is 0.176. The second-order valence-corrected chi connectivity index (χ2v) is 4.86. The highest BCUT2D eigenvalue weighted by molar-refractivity contribution is 5.84. The second kappa shape index (κ2) is 4.81. The molecule has 2 nitrogen and oxygen atoms in total. The van der Waals surface area contributed by atoms with Gasteiger partial charge in [0.2, 0.25) is 0 Å². The van der Waals surface area contributed by atoms with Crippen molar-refractivity contribution < 1.29 is 0 Å². The molecule has 0 bridgehead atoms. The third kappa shape index (κ3) is 2.22. The standard InChI is InChI=1S/C17H18N2/c1-2-19-16(10-13-6-4-3-5-7-13)12-14-11-15(18)8-9-17(14)19/h3-9,11-12H,2,10,18H2,1H3. The van der Waals surface area contributed by atoms with Crippen LogP contribution in [0, 0.1) is 0 Å². The summed E-state index contributed by atoms with van der Waals surface area (Å²) in [5.74, 6) is 0. The van der Waals surface area contributed by atoms with E-state index in [1.54, 1.807) is 0 Å². The number of hydrogen-bond donors (Lipinski definition) is 1. The molecular formula is C17H18N2. The van der Waals surface area contributed by atoms with E-state index in [2.05, 4.69) is 60.0 Å². The molecule has 2 N–H and O–H groups in total. The Labute approximate surface area is 113 Å². The molecule has 3 aromatic rings. The van der Waals surface area contributed by atoms with Gasteiger partial charge in [0.25, 0.3) is 0 Å². The smallest absolute Gasteiger partial charge is 0.0484 e. The van der Waals surface area contributed by atoms with Crippen LogP contribution in [0.2, 0.25) is 0 Å². The molecule has 3 rings (SSSR count). The zero-order valence-corrected chi connectivity index (χ0v) is 11.1. The van der Waals surface area contributed by atoms with E-state index in [9.17, 15) is 0 Å². The number of nitrogens with two attached hydrogens (primary N) is 1. The average molecular weight is 250 g/mol. The first-order valence-electron chi connectivity index (χ1n) is 6.69. The molecule has 1 heterocycles. The topological polar surface area (TPSA) is 30.9 Å². The lowest BCUT2D eigenvalue weighted by Crippen LogP contribution is -2.01. The van der Waals surface area contributed by atoms with Crippen LogP contribution in [0.25, 0.3) is 10.9 Å². The molecule has 0 aliphatic rings. The molecule has 0 fully saturated rings. The van der Waals surface area contributed by atoms with Crippen LogP contribution in [0.3, 0.4) is 0 Å². The van der Waals surface area contributed by atoms with Gasteiger partial charge in [0.1, 0.15) is 0 Å². The summed E-state index contributed by atoms with van der Waals surface area (Å²) < 4.78 is 2.36. The maximum atomic E-state index is 5.87. The van der Waals surface area contributed by atoms with E-state index >= 15 is 0 Å². The van der Waals surface area contributed by atoms with Crippen molar-refractivity contribution in [2.45, 2.75) is 19.9 Å². The Bertz CT molecular complexity index is 696. The van der Waals surface area contributed by atoms with Gasteiger partial charge in [-0.2, -0.15) is 0 Å². The van der Waals surface area contributed by atoms with Crippen LogP contribution in [0.1, 0.15) is 18.2 Å². The Morgan fingerprint density at radius 1 is 1.00 bits per heavy atom. The van der Waals surface area contributed by atoms with Gasteiger partial charge in [0.05, 0.1) is 0 Å². The molecule has 0 radical (unpaired) electrons. The number of fused-ring (bicyclic) bond motifs is 1. The largest absolute Gasteiger partial charge is 0.399 e. The molecule has 0 unspecified atom stereocenters. The summed E-state index contributed by atoms with van der Waals surface area (Å²) in [4.78, 5) is 0. The number of rotatable bonds is 3. The predicted molar refractivity (Wildman–Crippen MR) is 81.3 cm³/mol. The lowest BCUT2D eigenvalue weighted by Gasteiger charge is -2.08. The predicted octanol–water partition coefficient (Wildman–Crippen LogP) is 3.83. The van der Waals surface area contributed by atoms with Gasteiger partial charge in [-0.1, -0.05) is 30.3 Å². The van der Waals surface area contributed by atoms with Crippen molar-refractivity contribution in [3.63, 3.8) is 0 Å². The van der Waals surface area contributed by atoms with Gasteiger partial charge < -0.3 is 10.3 Å². The summed E-state index contributed by atoms with van der Waals surface area (Å²) in [5.41, 5.74) is 10.6. The normalized spacial score (nSPS) is 11.0. The van der Waals surface area contributed by atoms with Crippen LogP contribution in [0.5, 0.6) is 0 Å². The first kappa shape index (κ1) is 11.8. The first-order valence-corrected chi connectivity index (χ1v) is 6.69. The van der Waals surface area contributed by atoms with Gasteiger partial charge in [-0.05, 0) is 36.8 Å². The van der Waals surface area contributed by atoms with E-state index in [4.69, 9.17) is 5.73 Å². The van der Waals surface area contributed by atoms with Crippen molar-refractivity contribution >= 4 is 16.6 Å². The molecule has 19 heavy (non-hydrogen) atoms. The average Bonchev–Trinajstić information content (AvgIpc) is 2.76. The first-order chi connectivity index (χ1) is 9.28. The minimum atomic E-state index is 0.826. The van der Waals surface area contributed by atoms with E-state index in [-0.39, 0.29) is 0 Å². The summed E-state index contributed by atoms with van der Waals surface area (Å²) in [7, 11) is 0. The van der Waals surface area contributed by atoms with Crippen molar-refractivity contribution in [3.05, 3.63) is 65.9 Å². The molecule has 2 heteroatoms. The fourth-order valence-electron chi connectivity index (χ4n) is 2.67. The monoisotopic (exact) mass is 250 g/mol. The van der Waals surface area contributed by atoms with E-state index in [0.717, 1.165) is 18.7 Å². The van der Waals surface area contributed by atoms with Gasteiger partial charge >= 0.3 is 0 Å². The van der Waals surface area contributed by atoms with Gasteiger partial charge in [0, 0.05) is 35.2 Å². The Morgan fingerprint density at radius 2 is 1.79 bits per heavy atom. The lowest BCUT2D eigenvalue weighted by atomic mass is 10.1. The number of nitrogens with zero attached hydrogens (tertiary/aromatic N) is 1. The van der Waals surface area contributed by atoms with Crippen LogP contribution < -0.4 is 5.73 Å². The van der Waals surface area contributed by atoms with Gasteiger partial charge in [-0.3, -0.25) is 0 Å². The highest BCUT2D eigenvalue weighted by Crippen LogP contribution is 2.24. The quantitative estimate of drug-likeness (QED) is 0.704. The molecule has 0 spiro atoms. The van der Waals surface area contributed by atoms with Crippen molar-refractivity contribution in [3.8, 4) is 0 Å². The summed E-state index contributed by atoms with van der Waals surface area (Å²) in [6.07, 6.45) is 0.962. The number of benzene rings is 2. The molecule has 0 aliphatic heterocycles.